The number of amides is 1. The highest BCUT2D eigenvalue weighted by atomic mass is 19.2. The number of benzene rings is 2. The highest BCUT2D eigenvalue weighted by Crippen LogP contribution is 2.33. The van der Waals surface area contributed by atoms with Gasteiger partial charge in [0.2, 0.25) is 5.91 Å². The predicted molar refractivity (Wildman–Crippen MR) is 127 cm³/mol. The Morgan fingerprint density at radius 3 is 2.33 bits per heavy atom. The molecule has 178 valence electrons. The minimum atomic E-state index is -1.63. The zero-order valence-corrected chi connectivity index (χ0v) is 18.6. The summed E-state index contributed by atoms with van der Waals surface area (Å²) in [7, 11) is 0. The number of aromatic nitrogens is 5. The van der Waals surface area contributed by atoms with Crippen LogP contribution in [0.3, 0.4) is 0 Å². The molecule has 3 aromatic heterocycles. The maximum atomic E-state index is 14.8. The van der Waals surface area contributed by atoms with Crippen LogP contribution < -0.4 is 5.32 Å². The van der Waals surface area contributed by atoms with Gasteiger partial charge in [0.25, 0.3) is 0 Å². The van der Waals surface area contributed by atoms with Crippen LogP contribution in [0.25, 0.3) is 33.6 Å². The second-order valence-electron chi connectivity index (χ2n) is 7.75. The molecule has 1 amide bonds. The normalized spacial score (nSPS) is 10.9. The first-order chi connectivity index (χ1) is 17.5. The molecule has 36 heavy (non-hydrogen) atoms. The van der Waals surface area contributed by atoms with Crippen molar-refractivity contribution in [2.24, 2.45) is 0 Å². The van der Waals surface area contributed by atoms with Crippen LogP contribution >= 0.6 is 0 Å². The molecule has 0 aliphatic heterocycles. The minimum absolute atomic E-state index is 0.0140. The molecule has 0 saturated heterocycles. The Bertz CT molecular complexity index is 1520. The van der Waals surface area contributed by atoms with Crippen LogP contribution in [-0.2, 0) is 11.3 Å². The molecule has 0 spiro atoms. The van der Waals surface area contributed by atoms with E-state index in [-0.39, 0.29) is 23.5 Å². The lowest BCUT2D eigenvalue weighted by molar-refractivity contribution is -0.116. The highest BCUT2D eigenvalue weighted by molar-refractivity contribution is 5.90. The Morgan fingerprint density at radius 2 is 1.61 bits per heavy atom. The van der Waals surface area contributed by atoms with Gasteiger partial charge in [-0.2, -0.15) is 0 Å². The van der Waals surface area contributed by atoms with Gasteiger partial charge in [-0.25, -0.2) is 22.8 Å². The van der Waals surface area contributed by atoms with Gasteiger partial charge < -0.3 is 5.32 Å². The summed E-state index contributed by atoms with van der Waals surface area (Å²) >= 11 is 0. The fourth-order valence-corrected chi connectivity index (χ4v) is 3.69. The summed E-state index contributed by atoms with van der Waals surface area (Å²) in [5, 5.41) is 10.7. The van der Waals surface area contributed by atoms with Crippen molar-refractivity contribution in [3.05, 3.63) is 103 Å². The first kappa shape index (κ1) is 22.9. The van der Waals surface area contributed by atoms with Gasteiger partial charge in [-0.15, -0.1) is 5.10 Å². The van der Waals surface area contributed by atoms with E-state index in [1.807, 2.05) is 36.4 Å². The van der Waals surface area contributed by atoms with Gasteiger partial charge in [0, 0.05) is 35.3 Å². The summed E-state index contributed by atoms with van der Waals surface area (Å²) in [6.45, 7) is -0.381. The molecule has 7 nitrogen and oxygen atoms in total. The van der Waals surface area contributed by atoms with Gasteiger partial charge in [0.15, 0.2) is 17.5 Å². The molecular formula is C26H17F3N6O. The molecular weight excluding hydrogens is 469 g/mol. The lowest BCUT2D eigenvalue weighted by Gasteiger charge is -2.11. The molecule has 0 fully saturated rings. The van der Waals surface area contributed by atoms with Crippen molar-refractivity contribution >= 4 is 11.7 Å². The highest BCUT2D eigenvalue weighted by Gasteiger charge is 2.24. The summed E-state index contributed by atoms with van der Waals surface area (Å²) in [6, 6.07) is 18.2. The number of nitrogens with zero attached hydrogens (tertiary/aromatic N) is 5. The monoisotopic (exact) mass is 486 g/mol. The van der Waals surface area contributed by atoms with E-state index in [1.54, 1.807) is 24.4 Å². The molecule has 0 radical (unpaired) electrons. The molecule has 0 atom stereocenters. The third-order valence-electron chi connectivity index (χ3n) is 5.41. The number of rotatable bonds is 6. The zero-order valence-electron chi connectivity index (χ0n) is 18.6. The smallest absolute Gasteiger partial charge is 0.247 e. The van der Waals surface area contributed by atoms with Crippen LogP contribution in [-0.4, -0.2) is 30.9 Å². The number of hydrogen-bond donors (Lipinski definition) is 1. The second kappa shape index (κ2) is 9.79. The van der Waals surface area contributed by atoms with E-state index in [2.05, 4.69) is 25.6 Å². The molecule has 2 aromatic carbocycles. The van der Waals surface area contributed by atoms with Crippen LogP contribution in [0.4, 0.5) is 19.0 Å². The number of carbonyl (C=O) groups excluding carboxylic acids is 1. The van der Waals surface area contributed by atoms with Gasteiger partial charge in [0.1, 0.15) is 23.8 Å². The first-order valence-corrected chi connectivity index (χ1v) is 10.8. The summed E-state index contributed by atoms with van der Waals surface area (Å²) in [5.74, 6) is -4.59. The van der Waals surface area contributed by atoms with Crippen LogP contribution in [0.1, 0.15) is 0 Å². The summed E-state index contributed by atoms with van der Waals surface area (Å²) in [4.78, 5) is 21.0. The number of carbonyl (C=O) groups is 1. The molecule has 3 heterocycles. The molecule has 0 aliphatic rings. The van der Waals surface area contributed by atoms with E-state index >= 15 is 0 Å². The van der Waals surface area contributed by atoms with Crippen molar-refractivity contribution in [1.82, 2.24) is 25.0 Å². The Morgan fingerprint density at radius 1 is 0.833 bits per heavy atom. The standard InChI is InChI=1S/C26H17F3N6O/c27-20-8-7-19(23(28)24(20)29)26-25(17-10-12-30-13-11-17)33-34-35(26)15-22(36)32-21-9-6-18(14-31-21)16-4-2-1-3-5-16/h1-14H,15H2,(H,31,32,36). The zero-order chi connectivity index (χ0) is 25.1. The molecule has 5 aromatic rings. The van der Waals surface area contributed by atoms with Crippen LogP contribution in [0.2, 0.25) is 0 Å². The van der Waals surface area contributed by atoms with Gasteiger partial charge in [0.05, 0.1) is 0 Å². The Balaban J connectivity index is 1.44. The average Bonchev–Trinajstić information content (AvgIpc) is 3.32. The lowest BCUT2D eigenvalue weighted by Crippen LogP contribution is -2.21. The maximum absolute atomic E-state index is 14.8. The van der Waals surface area contributed by atoms with E-state index in [0.29, 0.717) is 11.4 Å². The quantitative estimate of drug-likeness (QED) is 0.337. The SMILES string of the molecule is O=C(Cn1nnc(-c2ccncc2)c1-c1ccc(F)c(F)c1F)Nc1ccc(-c2ccccc2)cn1. The summed E-state index contributed by atoms with van der Waals surface area (Å²) < 4.78 is 43.5. The van der Waals surface area contributed by atoms with E-state index in [4.69, 9.17) is 0 Å². The van der Waals surface area contributed by atoms with Gasteiger partial charge >= 0.3 is 0 Å². The van der Waals surface area contributed by atoms with Crippen molar-refractivity contribution in [1.29, 1.82) is 0 Å². The molecule has 1 N–H and O–H groups in total. The van der Waals surface area contributed by atoms with Crippen molar-refractivity contribution in [2.45, 2.75) is 6.54 Å². The maximum Gasteiger partial charge on any atom is 0.247 e. The van der Waals surface area contributed by atoms with Crippen molar-refractivity contribution in [3.8, 4) is 33.6 Å². The van der Waals surface area contributed by atoms with Crippen molar-refractivity contribution < 1.29 is 18.0 Å². The van der Waals surface area contributed by atoms with Crippen LogP contribution in [0.15, 0.2) is 85.3 Å². The Labute approximate surface area is 203 Å². The topological polar surface area (TPSA) is 85.6 Å². The third kappa shape index (κ3) is 4.56. The summed E-state index contributed by atoms with van der Waals surface area (Å²) in [5.41, 5.74) is 2.27. The molecule has 0 saturated carbocycles. The van der Waals surface area contributed by atoms with E-state index < -0.39 is 23.4 Å². The Hall–Kier alpha value is -4.86. The van der Waals surface area contributed by atoms with Crippen molar-refractivity contribution in [3.63, 3.8) is 0 Å². The lowest BCUT2D eigenvalue weighted by atomic mass is 10.0. The minimum Gasteiger partial charge on any atom is -0.309 e. The number of hydrogen-bond acceptors (Lipinski definition) is 5. The molecule has 10 heteroatoms. The number of nitrogens with one attached hydrogen (secondary N) is 1. The van der Waals surface area contributed by atoms with Gasteiger partial charge in [-0.1, -0.05) is 35.5 Å². The van der Waals surface area contributed by atoms with Crippen molar-refractivity contribution in [2.75, 3.05) is 5.32 Å². The van der Waals surface area contributed by atoms with E-state index in [0.717, 1.165) is 27.9 Å². The van der Waals surface area contributed by atoms with E-state index in [1.165, 1.54) is 12.4 Å². The van der Waals surface area contributed by atoms with Gasteiger partial charge in [-0.3, -0.25) is 9.78 Å². The number of halogens is 3. The molecule has 0 unspecified atom stereocenters. The molecule has 0 aliphatic carbocycles. The van der Waals surface area contributed by atoms with Crippen LogP contribution in [0.5, 0.6) is 0 Å². The predicted octanol–water partition coefficient (Wildman–Crippen LogP) is 5.13. The summed E-state index contributed by atoms with van der Waals surface area (Å²) in [6.07, 6.45) is 4.62. The van der Waals surface area contributed by atoms with Gasteiger partial charge in [-0.05, 0) is 42.0 Å². The fraction of sp³-hybridized carbons (Fsp3) is 0.0385. The average molecular weight is 486 g/mol. The molecule has 0 bridgehead atoms. The molecule has 5 rings (SSSR count). The van der Waals surface area contributed by atoms with E-state index in [9.17, 15) is 18.0 Å². The Kier molecular flexibility index (Phi) is 6.23. The number of pyridine rings is 2. The first-order valence-electron chi connectivity index (χ1n) is 10.8. The van der Waals surface area contributed by atoms with Crippen LogP contribution in [0, 0.1) is 17.5 Å². The largest absolute Gasteiger partial charge is 0.309 e. The second-order valence-corrected chi connectivity index (χ2v) is 7.75. The fourth-order valence-electron chi connectivity index (χ4n) is 3.69. The number of anilines is 1. The third-order valence-corrected chi connectivity index (χ3v) is 5.41.